The van der Waals surface area contributed by atoms with E-state index in [-0.39, 0.29) is 17.7 Å². The maximum atomic E-state index is 12.9. The van der Waals surface area contributed by atoms with Crippen LogP contribution >= 0.6 is 27.5 Å². The Morgan fingerprint density at radius 2 is 1.82 bits per heavy atom. The van der Waals surface area contributed by atoms with Crippen LogP contribution in [0.3, 0.4) is 0 Å². The number of aromatic nitrogens is 2. The van der Waals surface area contributed by atoms with E-state index in [0.29, 0.717) is 20.8 Å². The van der Waals surface area contributed by atoms with Crippen LogP contribution < -0.4 is 9.47 Å². The van der Waals surface area contributed by atoms with Crippen LogP contribution in [0, 0.1) is 0 Å². The van der Waals surface area contributed by atoms with Crippen molar-refractivity contribution in [2.24, 2.45) is 7.05 Å². The number of halogens is 4. The highest BCUT2D eigenvalue weighted by atomic mass is 79.9. The van der Waals surface area contributed by atoms with Gasteiger partial charge >= 0.3 is 12.6 Å². The molecule has 1 aromatic heterocycles. The fourth-order valence-corrected chi connectivity index (χ4v) is 4.06. The van der Waals surface area contributed by atoms with Gasteiger partial charge in [-0.1, -0.05) is 31.5 Å². The molecule has 0 unspecified atom stereocenters. The first-order valence-corrected chi connectivity index (χ1v) is 10.1. The van der Waals surface area contributed by atoms with E-state index in [9.17, 15) is 8.78 Å². The number of benzene rings is 2. The first kappa shape index (κ1) is 20.9. The molecule has 2 aromatic carbocycles. The van der Waals surface area contributed by atoms with Crippen LogP contribution in [0.5, 0.6) is 17.5 Å². The molecule has 0 bridgehead atoms. The minimum absolute atomic E-state index is 0.0281. The third-order valence-electron chi connectivity index (χ3n) is 4.71. The molecule has 0 spiro atoms. The second-order valence-corrected chi connectivity index (χ2v) is 7.66. The van der Waals surface area contributed by atoms with Crippen molar-refractivity contribution in [3.8, 4) is 17.5 Å². The second kappa shape index (κ2) is 8.66. The summed E-state index contributed by atoms with van der Waals surface area (Å²) < 4.78 is 38.8. The third-order valence-corrected chi connectivity index (χ3v) is 5.57. The van der Waals surface area contributed by atoms with E-state index in [1.54, 1.807) is 35.9 Å². The Morgan fingerprint density at radius 3 is 2.43 bits per heavy atom. The summed E-state index contributed by atoms with van der Waals surface area (Å²) in [6, 6.07) is 8.78. The molecular weight excluding hydrogens is 454 g/mol. The van der Waals surface area contributed by atoms with Gasteiger partial charge in [0.15, 0.2) is 5.75 Å². The van der Waals surface area contributed by atoms with Crippen molar-refractivity contribution in [3.05, 3.63) is 45.4 Å². The molecule has 3 aromatic rings. The summed E-state index contributed by atoms with van der Waals surface area (Å²) in [5.74, 6) is 0.817. The maximum absolute atomic E-state index is 12.9. The quantitative estimate of drug-likeness (QED) is 0.361. The number of imidazole rings is 1. The van der Waals surface area contributed by atoms with E-state index in [1.165, 1.54) is 0 Å². The summed E-state index contributed by atoms with van der Waals surface area (Å²) >= 11 is 9.39. The number of hydrogen-bond acceptors (Lipinski definition) is 3. The fraction of sp³-hybridized carbons (Fsp3) is 0.350. The summed E-state index contributed by atoms with van der Waals surface area (Å²) in [5, 5.41) is 0.563. The molecule has 28 heavy (non-hydrogen) atoms. The number of ether oxygens (including phenoxy) is 2. The Hall–Kier alpha value is -1.86. The first-order chi connectivity index (χ1) is 13.3. The van der Waals surface area contributed by atoms with Crippen molar-refractivity contribution in [1.82, 2.24) is 9.55 Å². The highest BCUT2D eigenvalue weighted by molar-refractivity contribution is 9.10. The number of hydrogen-bond donors (Lipinski definition) is 0. The molecule has 3 rings (SSSR count). The van der Waals surface area contributed by atoms with Crippen LogP contribution in [0.1, 0.15) is 38.2 Å². The summed E-state index contributed by atoms with van der Waals surface area (Å²) in [6.45, 7) is 1.27. The highest BCUT2D eigenvalue weighted by Crippen LogP contribution is 2.39. The van der Waals surface area contributed by atoms with Gasteiger partial charge in [-0.3, -0.25) is 4.57 Å². The minimum Gasteiger partial charge on any atom is -0.432 e. The molecule has 0 N–H and O–H groups in total. The predicted octanol–water partition coefficient (Wildman–Crippen LogP) is 7.29. The van der Waals surface area contributed by atoms with Gasteiger partial charge in [-0.15, -0.1) is 0 Å². The Morgan fingerprint density at radius 1 is 1.14 bits per heavy atom. The van der Waals surface area contributed by atoms with Gasteiger partial charge < -0.3 is 9.47 Å². The van der Waals surface area contributed by atoms with Crippen LogP contribution in [-0.4, -0.2) is 16.2 Å². The van der Waals surface area contributed by atoms with Gasteiger partial charge in [0.05, 0.1) is 9.99 Å². The highest BCUT2D eigenvalue weighted by Gasteiger charge is 2.22. The van der Waals surface area contributed by atoms with Crippen molar-refractivity contribution in [1.29, 1.82) is 0 Å². The summed E-state index contributed by atoms with van der Waals surface area (Å²) in [7, 11) is 1.80. The number of fused-ring (bicyclic) bond motifs is 1. The van der Waals surface area contributed by atoms with E-state index >= 15 is 0 Å². The second-order valence-electron chi connectivity index (χ2n) is 6.37. The minimum atomic E-state index is -2.93. The number of aryl methyl sites for hydroxylation is 1. The topological polar surface area (TPSA) is 36.3 Å². The lowest BCUT2D eigenvalue weighted by atomic mass is 9.92. The number of alkyl halides is 2. The van der Waals surface area contributed by atoms with Crippen molar-refractivity contribution in [3.63, 3.8) is 0 Å². The van der Waals surface area contributed by atoms with Gasteiger partial charge in [-0.05, 0) is 64.5 Å². The zero-order valence-corrected chi connectivity index (χ0v) is 18.0. The number of nitrogens with zero attached hydrogens (tertiary/aromatic N) is 2. The lowest BCUT2D eigenvalue weighted by Gasteiger charge is -2.16. The van der Waals surface area contributed by atoms with Crippen LogP contribution in [0.2, 0.25) is 5.02 Å². The molecule has 0 aliphatic carbocycles. The molecule has 0 aliphatic heterocycles. The molecule has 4 nitrogen and oxygen atoms in total. The molecule has 150 valence electrons. The smallest absolute Gasteiger partial charge is 0.387 e. The van der Waals surface area contributed by atoms with Gasteiger partial charge in [0.1, 0.15) is 11.3 Å². The first-order valence-electron chi connectivity index (χ1n) is 8.92. The van der Waals surface area contributed by atoms with E-state index in [2.05, 4.69) is 34.8 Å². The molecular formula is C20H20BrClF2N2O2. The van der Waals surface area contributed by atoms with Crippen molar-refractivity contribution < 1.29 is 18.3 Å². The lowest BCUT2D eigenvalue weighted by molar-refractivity contribution is -0.0489. The summed E-state index contributed by atoms with van der Waals surface area (Å²) in [5.41, 5.74) is 2.11. The van der Waals surface area contributed by atoms with Crippen molar-refractivity contribution in [2.75, 3.05) is 0 Å². The molecule has 0 fully saturated rings. The summed E-state index contributed by atoms with van der Waals surface area (Å²) in [6.07, 6.45) is 1.84. The largest absolute Gasteiger partial charge is 0.432 e. The van der Waals surface area contributed by atoms with Crippen molar-refractivity contribution in [2.45, 2.75) is 39.2 Å². The fourth-order valence-electron chi connectivity index (χ4n) is 3.30. The Balaban J connectivity index is 2.16. The average molecular weight is 474 g/mol. The lowest BCUT2D eigenvalue weighted by Crippen LogP contribution is -2.05. The van der Waals surface area contributed by atoms with Gasteiger partial charge in [-0.2, -0.15) is 13.8 Å². The van der Waals surface area contributed by atoms with Crippen LogP contribution in [0.25, 0.3) is 11.0 Å². The van der Waals surface area contributed by atoms with Gasteiger partial charge in [0.2, 0.25) is 0 Å². The van der Waals surface area contributed by atoms with E-state index in [0.717, 1.165) is 23.9 Å². The molecule has 0 atom stereocenters. The van der Waals surface area contributed by atoms with Gasteiger partial charge in [0.25, 0.3) is 0 Å². The molecule has 1 heterocycles. The Labute approximate surface area is 175 Å². The van der Waals surface area contributed by atoms with Gasteiger partial charge in [0, 0.05) is 12.1 Å². The Bertz CT molecular complexity index is 990. The SMILES string of the molecule is CCC(CC)c1ccc(OC(F)F)c2nc(Oc3ccc(Cl)cc3Br)n(C)c12. The standard InChI is InChI=1S/C20H20BrClF2N2O2/c1-4-11(5-2)13-7-9-16(27-19(23)24)17-18(13)26(3)20(25-17)28-15-8-6-12(22)10-14(15)21/h6-11,19H,4-5H2,1-3H3. The summed E-state index contributed by atoms with van der Waals surface area (Å²) in [4.78, 5) is 4.46. The average Bonchev–Trinajstić information content (AvgIpc) is 2.97. The van der Waals surface area contributed by atoms with Crippen LogP contribution in [0.15, 0.2) is 34.8 Å². The molecule has 0 radical (unpaired) electrons. The van der Waals surface area contributed by atoms with Crippen LogP contribution in [0.4, 0.5) is 8.78 Å². The van der Waals surface area contributed by atoms with E-state index in [4.69, 9.17) is 21.1 Å². The zero-order chi connectivity index (χ0) is 20.4. The molecule has 0 aliphatic rings. The number of rotatable bonds is 7. The van der Waals surface area contributed by atoms with Gasteiger partial charge in [-0.25, -0.2) is 0 Å². The normalized spacial score (nSPS) is 11.6. The zero-order valence-electron chi connectivity index (χ0n) is 15.7. The third kappa shape index (κ3) is 4.10. The molecule has 8 heteroatoms. The Kier molecular flexibility index (Phi) is 6.45. The molecule has 0 amide bonds. The maximum Gasteiger partial charge on any atom is 0.387 e. The molecule has 0 saturated carbocycles. The van der Waals surface area contributed by atoms with Crippen LogP contribution in [-0.2, 0) is 7.05 Å². The molecule has 0 saturated heterocycles. The monoisotopic (exact) mass is 472 g/mol. The van der Waals surface area contributed by atoms with Crippen molar-refractivity contribution >= 4 is 38.6 Å². The van der Waals surface area contributed by atoms with E-state index in [1.807, 2.05) is 6.07 Å². The predicted molar refractivity (Wildman–Crippen MR) is 110 cm³/mol. The van der Waals surface area contributed by atoms with E-state index < -0.39 is 6.61 Å².